The lowest BCUT2D eigenvalue weighted by Crippen LogP contribution is -2.37. The van der Waals surface area contributed by atoms with Crippen LogP contribution in [0.2, 0.25) is 0 Å². The fourth-order valence-electron chi connectivity index (χ4n) is 2.36. The summed E-state index contributed by atoms with van der Waals surface area (Å²) < 4.78 is 32.3. The lowest BCUT2D eigenvalue weighted by molar-refractivity contribution is -0.121. The number of benzene rings is 1. The van der Waals surface area contributed by atoms with E-state index in [2.05, 4.69) is 15.6 Å². The number of thiazole rings is 1. The number of amides is 3. The Morgan fingerprint density at radius 3 is 2.68 bits per heavy atom. The molecule has 0 radical (unpaired) electrons. The molecule has 152 valence electrons. The lowest BCUT2D eigenvalue weighted by atomic mass is 10.1. The molecule has 3 N–H and O–H groups in total. The lowest BCUT2D eigenvalue weighted by Gasteiger charge is -2.14. The van der Waals surface area contributed by atoms with Gasteiger partial charge in [-0.25, -0.2) is 22.9 Å². The summed E-state index contributed by atoms with van der Waals surface area (Å²) >= 11 is 1.43. The molecule has 2 rings (SSSR count). The van der Waals surface area contributed by atoms with E-state index in [0.29, 0.717) is 5.56 Å². The highest BCUT2D eigenvalue weighted by atomic mass is 32.2. The molecule has 1 heterocycles. The van der Waals surface area contributed by atoms with Gasteiger partial charge in [0.2, 0.25) is 5.91 Å². The zero-order valence-corrected chi connectivity index (χ0v) is 17.3. The van der Waals surface area contributed by atoms with E-state index in [1.54, 1.807) is 19.2 Å². The third kappa shape index (κ3) is 5.67. The number of nitrogens with one attached hydrogen (secondary N) is 3. The van der Waals surface area contributed by atoms with Gasteiger partial charge in [-0.15, -0.1) is 11.3 Å². The van der Waals surface area contributed by atoms with Crippen LogP contribution >= 0.6 is 11.3 Å². The Kier molecular flexibility index (Phi) is 7.35. The van der Waals surface area contributed by atoms with Gasteiger partial charge in [0.15, 0.2) is 0 Å². The minimum absolute atomic E-state index is 0.0371. The first kappa shape index (κ1) is 21.6. The van der Waals surface area contributed by atoms with Gasteiger partial charge in [-0.3, -0.25) is 4.79 Å². The number of hydrogen-bond donors (Lipinski definition) is 3. The number of carbonyl (C=O) groups is 2. The first-order valence-electron chi connectivity index (χ1n) is 8.45. The number of ether oxygens (including phenoxy) is 1. The summed E-state index contributed by atoms with van der Waals surface area (Å²) in [6, 6.07) is 3.27. The first-order valence-corrected chi connectivity index (χ1v) is 10.8. The van der Waals surface area contributed by atoms with Crippen LogP contribution in [0.25, 0.3) is 0 Å². The number of rotatable bonds is 8. The molecule has 0 spiro atoms. The van der Waals surface area contributed by atoms with Crippen LogP contribution in [0.1, 0.15) is 30.5 Å². The zero-order valence-electron chi connectivity index (χ0n) is 15.7. The highest BCUT2D eigenvalue weighted by molar-refractivity contribution is 7.90. The predicted octanol–water partition coefficient (Wildman–Crippen LogP) is 1.58. The molecule has 1 atom stereocenters. The van der Waals surface area contributed by atoms with Gasteiger partial charge in [0.1, 0.15) is 15.7 Å². The molecule has 9 nitrogen and oxygen atoms in total. The third-order valence-electron chi connectivity index (χ3n) is 3.62. The summed E-state index contributed by atoms with van der Waals surface area (Å²) in [6.07, 6.45) is 1.62. The third-order valence-corrected chi connectivity index (χ3v) is 5.93. The van der Waals surface area contributed by atoms with Crippen molar-refractivity contribution in [2.75, 3.05) is 13.7 Å². The molecule has 2 aromatic rings. The van der Waals surface area contributed by atoms with E-state index >= 15 is 0 Å². The van der Waals surface area contributed by atoms with E-state index in [-0.39, 0.29) is 35.6 Å². The van der Waals surface area contributed by atoms with Crippen LogP contribution in [0, 0.1) is 0 Å². The molecule has 3 amide bonds. The van der Waals surface area contributed by atoms with Gasteiger partial charge in [0.25, 0.3) is 10.0 Å². The van der Waals surface area contributed by atoms with Crippen LogP contribution < -0.4 is 20.1 Å². The Morgan fingerprint density at radius 2 is 2.07 bits per heavy atom. The number of carbonyl (C=O) groups excluding carboxylic acids is 2. The quantitative estimate of drug-likeness (QED) is 0.588. The second kappa shape index (κ2) is 9.51. The average Bonchev–Trinajstić information content (AvgIpc) is 3.17. The van der Waals surface area contributed by atoms with E-state index in [0.717, 1.165) is 5.01 Å². The van der Waals surface area contributed by atoms with Crippen LogP contribution in [-0.2, 0) is 21.2 Å². The largest absolute Gasteiger partial charge is 0.492 e. The molecule has 1 unspecified atom stereocenters. The molecule has 0 saturated heterocycles. The minimum atomic E-state index is -4.17. The SMILES string of the molecule is CCOc1ccc(CC(=O)NC(C)c2nccs2)cc1S(=O)(=O)NC(=O)NC. The predicted molar refractivity (Wildman–Crippen MR) is 105 cm³/mol. The van der Waals surface area contributed by atoms with Crippen molar-refractivity contribution in [3.8, 4) is 5.75 Å². The van der Waals surface area contributed by atoms with Crippen LogP contribution in [0.5, 0.6) is 5.75 Å². The van der Waals surface area contributed by atoms with Gasteiger partial charge >= 0.3 is 6.03 Å². The standard InChI is InChI=1S/C17H22N4O5S2/c1-4-26-13-6-5-12(9-14(13)28(24,25)21-17(23)18-3)10-15(22)20-11(2)16-19-7-8-27-16/h5-9,11H,4,10H2,1-3H3,(H,20,22)(H2,18,21,23). The van der Waals surface area contributed by atoms with Crippen molar-refractivity contribution in [1.82, 2.24) is 20.3 Å². The first-order chi connectivity index (χ1) is 13.3. The van der Waals surface area contributed by atoms with E-state index < -0.39 is 16.1 Å². The Labute approximate surface area is 167 Å². The topological polar surface area (TPSA) is 126 Å². The summed E-state index contributed by atoms with van der Waals surface area (Å²) in [5.41, 5.74) is 0.463. The highest BCUT2D eigenvalue weighted by Crippen LogP contribution is 2.25. The second-order valence-electron chi connectivity index (χ2n) is 5.74. The molecule has 0 saturated carbocycles. The maximum absolute atomic E-state index is 12.5. The van der Waals surface area contributed by atoms with Crippen molar-refractivity contribution < 1.29 is 22.7 Å². The van der Waals surface area contributed by atoms with Crippen molar-refractivity contribution in [3.63, 3.8) is 0 Å². The molecule has 11 heteroatoms. The molecular formula is C17H22N4O5S2. The fourth-order valence-corrected chi connectivity index (χ4v) is 4.16. The van der Waals surface area contributed by atoms with Gasteiger partial charge < -0.3 is 15.4 Å². The number of urea groups is 1. The summed E-state index contributed by atoms with van der Waals surface area (Å²) in [4.78, 5) is 27.7. The zero-order chi connectivity index (χ0) is 20.7. The molecule has 0 bridgehead atoms. The van der Waals surface area contributed by atoms with Gasteiger partial charge in [-0.1, -0.05) is 6.07 Å². The molecule has 1 aromatic heterocycles. The molecule has 28 heavy (non-hydrogen) atoms. The van der Waals surface area contributed by atoms with E-state index in [4.69, 9.17) is 4.74 Å². The molecule has 0 aliphatic heterocycles. The monoisotopic (exact) mass is 426 g/mol. The number of sulfonamides is 1. The van der Waals surface area contributed by atoms with Gasteiger partial charge in [0, 0.05) is 18.6 Å². The maximum Gasteiger partial charge on any atom is 0.328 e. The number of hydrogen-bond acceptors (Lipinski definition) is 7. The Balaban J connectivity index is 2.21. The Hall–Kier alpha value is -2.66. The van der Waals surface area contributed by atoms with E-state index in [1.165, 1.54) is 30.5 Å². The van der Waals surface area contributed by atoms with Crippen LogP contribution in [0.15, 0.2) is 34.7 Å². The normalized spacial score (nSPS) is 12.1. The van der Waals surface area contributed by atoms with Crippen molar-refractivity contribution in [2.24, 2.45) is 0 Å². The molecular weight excluding hydrogens is 404 g/mol. The minimum Gasteiger partial charge on any atom is -0.492 e. The Bertz CT molecular complexity index is 929. The van der Waals surface area contributed by atoms with Crippen LogP contribution in [0.3, 0.4) is 0 Å². The van der Waals surface area contributed by atoms with E-state index in [9.17, 15) is 18.0 Å². The fraction of sp³-hybridized carbons (Fsp3) is 0.353. The molecule has 0 fully saturated rings. The average molecular weight is 427 g/mol. The smallest absolute Gasteiger partial charge is 0.328 e. The van der Waals surface area contributed by atoms with Gasteiger partial charge in [-0.2, -0.15) is 0 Å². The highest BCUT2D eigenvalue weighted by Gasteiger charge is 2.23. The summed E-state index contributed by atoms with van der Waals surface area (Å²) in [5.74, 6) is -0.186. The van der Waals surface area contributed by atoms with Crippen molar-refractivity contribution in [2.45, 2.75) is 31.2 Å². The van der Waals surface area contributed by atoms with Crippen LogP contribution in [0.4, 0.5) is 4.79 Å². The molecule has 0 aliphatic carbocycles. The molecule has 1 aromatic carbocycles. The maximum atomic E-state index is 12.5. The summed E-state index contributed by atoms with van der Waals surface area (Å²) in [7, 11) is -2.86. The van der Waals surface area contributed by atoms with Crippen molar-refractivity contribution in [3.05, 3.63) is 40.3 Å². The second-order valence-corrected chi connectivity index (χ2v) is 8.31. The van der Waals surface area contributed by atoms with E-state index in [1.807, 2.05) is 17.0 Å². The van der Waals surface area contributed by atoms with Crippen LogP contribution in [-0.4, -0.2) is 39.0 Å². The molecule has 0 aliphatic rings. The number of nitrogens with zero attached hydrogens (tertiary/aromatic N) is 1. The summed E-state index contributed by atoms with van der Waals surface area (Å²) in [5, 5.41) is 7.60. The summed E-state index contributed by atoms with van der Waals surface area (Å²) in [6.45, 7) is 3.77. The van der Waals surface area contributed by atoms with Crippen molar-refractivity contribution >= 4 is 33.3 Å². The Morgan fingerprint density at radius 1 is 1.32 bits per heavy atom. The van der Waals surface area contributed by atoms with Crippen molar-refractivity contribution in [1.29, 1.82) is 0 Å². The van der Waals surface area contributed by atoms with Gasteiger partial charge in [0.05, 0.1) is 19.1 Å². The number of aromatic nitrogens is 1. The van der Waals surface area contributed by atoms with Gasteiger partial charge in [-0.05, 0) is 31.5 Å².